The molecule has 0 saturated carbocycles. The van der Waals surface area contributed by atoms with E-state index in [4.69, 9.17) is 11.2 Å². The molecule has 122 valence electrons. The monoisotopic (exact) mass is 307 g/mol. The fourth-order valence-corrected chi connectivity index (χ4v) is 2.74. The quantitative estimate of drug-likeness (QED) is 0.694. The standard InChI is InChI=1S/C16H25N3O3/c1-7-16(5,6)19-11-12-10-17(8-9-18(12)13(19)20)14(21)22-15(2,3)4/h1,12H,8-11H2,2-6H3. The molecule has 3 amide bonds. The van der Waals surface area contributed by atoms with E-state index in [0.29, 0.717) is 26.2 Å². The number of piperazine rings is 1. The number of amides is 3. The molecule has 0 spiro atoms. The van der Waals surface area contributed by atoms with Gasteiger partial charge in [-0.25, -0.2) is 9.59 Å². The predicted molar refractivity (Wildman–Crippen MR) is 83.3 cm³/mol. The Morgan fingerprint density at radius 2 is 1.86 bits per heavy atom. The molecule has 0 aromatic heterocycles. The van der Waals surface area contributed by atoms with Crippen LogP contribution in [0.5, 0.6) is 0 Å². The zero-order chi connectivity index (χ0) is 16.7. The first-order valence-electron chi connectivity index (χ1n) is 7.59. The molecule has 6 heteroatoms. The number of fused-ring (bicyclic) bond motifs is 1. The molecule has 0 aliphatic carbocycles. The van der Waals surface area contributed by atoms with Gasteiger partial charge in [-0.3, -0.25) is 0 Å². The predicted octanol–water partition coefficient (Wildman–Crippen LogP) is 1.76. The summed E-state index contributed by atoms with van der Waals surface area (Å²) in [6.07, 6.45) is 5.21. The lowest BCUT2D eigenvalue weighted by Crippen LogP contribution is -2.54. The molecule has 0 N–H and O–H groups in total. The normalized spacial score (nSPS) is 22.5. The molecule has 2 aliphatic heterocycles. The van der Waals surface area contributed by atoms with Crippen LogP contribution in [0.25, 0.3) is 0 Å². The Balaban J connectivity index is 2.05. The Labute approximate surface area is 132 Å². The van der Waals surface area contributed by atoms with E-state index in [2.05, 4.69) is 5.92 Å². The van der Waals surface area contributed by atoms with Crippen LogP contribution in [0.2, 0.25) is 0 Å². The lowest BCUT2D eigenvalue weighted by atomic mass is 10.0. The molecule has 6 nitrogen and oxygen atoms in total. The van der Waals surface area contributed by atoms with Crippen LogP contribution in [0.15, 0.2) is 0 Å². The summed E-state index contributed by atoms with van der Waals surface area (Å²) in [5.74, 6) is 2.66. The van der Waals surface area contributed by atoms with Crippen molar-refractivity contribution in [1.82, 2.24) is 14.7 Å². The highest BCUT2D eigenvalue weighted by Crippen LogP contribution is 2.27. The highest BCUT2D eigenvalue weighted by Gasteiger charge is 2.46. The summed E-state index contributed by atoms with van der Waals surface area (Å²) >= 11 is 0. The molecular formula is C16H25N3O3. The number of carbonyl (C=O) groups excluding carboxylic acids is 2. The van der Waals surface area contributed by atoms with E-state index in [9.17, 15) is 9.59 Å². The average molecular weight is 307 g/mol. The third kappa shape index (κ3) is 3.13. The van der Waals surface area contributed by atoms with Gasteiger partial charge >= 0.3 is 12.1 Å². The average Bonchev–Trinajstić information content (AvgIpc) is 2.74. The molecular weight excluding hydrogens is 282 g/mol. The fourth-order valence-electron chi connectivity index (χ4n) is 2.74. The smallest absolute Gasteiger partial charge is 0.410 e. The molecule has 1 atom stereocenters. The van der Waals surface area contributed by atoms with Crippen molar-refractivity contribution < 1.29 is 14.3 Å². The third-order valence-electron chi connectivity index (χ3n) is 4.03. The van der Waals surface area contributed by atoms with Crippen LogP contribution in [-0.4, -0.2) is 70.2 Å². The second-order valence-electron chi connectivity index (χ2n) is 7.37. The van der Waals surface area contributed by atoms with E-state index >= 15 is 0 Å². The van der Waals surface area contributed by atoms with Crippen molar-refractivity contribution >= 4 is 12.1 Å². The van der Waals surface area contributed by atoms with Gasteiger partial charge in [0.05, 0.1) is 11.6 Å². The molecule has 0 aromatic carbocycles. The zero-order valence-corrected chi connectivity index (χ0v) is 14.0. The first-order valence-corrected chi connectivity index (χ1v) is 7.59. The fraction of sp³-hybridized carbons (Fsp3) is 0.750. The van der Waals surface area contributed by atoms with Gasteiger partial charge in [0.15, 0.2) is 0 Å². The van der Waals surface area contributed by atoms with E-state index in [1.807, 2.05) is 34.6 Å². The van der Waals surface area contributed by atoms with E-state index in [-0.39, 0.29) is 18.2 Å². The number of carbonyl (C=O) groups is 2. The first-order chi connectivity index (χ1) is 10.0. The maximum atomic E-state index is 12.5. The van der Waals surface area contributed by atoms with Crippen molar-refractivity contribution in [3.63, 3.8) is 0 Å². The van der Waals surface area contributed by atoms with Crippen LogP contribution in [0, 0.1) is 12.3 Å². The molecule has 2 saturated heterocycles. The summed E-state index contributed by atoms with van der Waals surface area (Å²) < 4.78 is 5.41. The molecule has 22 heavy (non-hydrogen) atoms. The van der Waals surface area contributed by atoms with Crippen molar-refractivity contribution in [3.05, 3.63) is 0 Å². The Hall–Kier alpha value is -1.90. The number of hydrogen-bond acceptors (Lipinski definition) is 3. The van der Waals surface area contributed by atoms with Gasteiger partial charge in [0.25, 0.3) is 0 Å². The van der Waals surface area contributed by atoms with Crippen molar-refractivity contribution in [2.75, 3.05) is 26.2 Å². The van der Waals surface area contributed by atoms with Crippen LogP contribution < -0.4 is 0 Å². The minimum atomic E-state index is -0.620. The zero-order valence-electron chi connectivity index (χ0n) is 14.0. The summed E-state index contributed by atoms with van der Waals surface area (Å²) in [6.45, 7) is 11.3. The molecule has 0 bridgehead atoms. The highest BCUT2D eigenvalue weighted by atomic mass is 16.6. The van der Waals surface area contributed by atoms with Crippen molar-refractivity contribution in [1.29, 1.82) is 0 Å². The topological polar surface area (TPSA) is 53.1 Å². The summed E-state index contributed by atoms with van der Waals surface area (Å²) in [7, 11) is 0. The van der Waals surface area contributed by atoms with Crippen LogP contribution in [0.3, 0.4) is 0 Å². The number of urea groups is 1. The molecule has 0 radical (unpaired) electrons. The van der Waals surface area contributed by atoms with Crippen LogP contribution in [-0.2, 0) is 4.74 Å². The largest absolute Gasteiger partial charge is 0.444 e. The first kappa shape index (κ1) is 16.5. The molecule has 2 rings (SSSR count). The lowest BCUT2D eigenvalue weighted by molar-refractivity contribution is 0.0127. The van der Waals surface area contributed by atoms with Crippen LogP contribution in [0.1, 0.15) is 34.6 Å². The van der Waals surface area contributed by atoms with E-state index in [1.54, 1.807) is 14.7 Å². The van der Waals surface area contributed by atoms with Crippen molar-refractivity contribution in [2.24, 2.45) is 0 Å². The molecule has 2 aliphatic rings. The SMILES string of the molecule is C#CC(C)(C)N1CC2CN(C(=O)OC(C)(C)C)CCN2C1=O. The van der Waals surface area contributed by atoms with Crippen molar-refractivity contribution in [2.45, 2.75) is 51.8 Å². The van der Waals surface area contributed by atoms with E-state index in [0.717, 1.165) is 0 Å². The number of terminal acetylenes is 1. The summed E-state index contributed by atoms with van der Waals surface area (Å²) in [4.78, 5) is 29.8. The van der Waals surface area contributed by atoms with E-state index in [1.165, 1.54) is 0 Å². The Bertz CT molecular complexity index is 516. The van der Waals surface area contributed by atoms with Gasteiger partial charge in [0, 0.05) is 26.2 Å². The maximum absolute atomic E-state index is 12.5. The number of rotatable bonds is 1. The van der Waals surface area contributed by atoms with Gasteiger partial charge in [-0.1, -0.05) is 5.92 Å². The summed E-state index contributed by atoms with van der Waals surface area (Å²) in [6, 6.07) is -0.0711. The summed E-state index contributed by atoms with van der Waals surface area (Å²) in [5.41, 5.74) is -1.14. The van der Waals surface area contributed by atoms with E-state index < -0.39 is 11.1 Å². The third-order valence-corrected chi connectivity index (χ3v) is 4.03. The van der Waals surface area contributed by atoms with Crippen molar-refractivity contribution in [3.8, 4) is 12.3 Å². The lowest BCUT2D eigenvalue weighted by Gasteiger charge is -2.37. The second kappa shape index (κ2) is 5.38. The Morgan fingerprint density at radius 1 is 1.23 bits per heavy atom. The van der Waals surface area contributed by atoms with Gasteiger partial charge < -0.3 is 19.4 Å². The van der Waals surface area contributed by atoms with Gasteiger partial charge in [-0.15, -0.1) is 6.42 Å². The minimum Gasteiger partial charge on any atom is -0.444 e. The molecule has 1 unspecified atom stereocenters. The van der Waals surface area contributed by atoms with Crippen LogP contribution in [0.4, 0.5) is 9.59 Å². The second-order valence-corrected chi connectivity index (χ2v) is 7.37. The Kier molecular flexibility index (Phi) is 4.03. The maximum Gasteiger partial charge on any atom is 0.410 e. The van der Waals surface area contributed by atoms with Crippen LogP contribution >= 0.6 is 0 Å². The van der Waals surface area contributed by atoms with Gasteiger partial charge in [-0.2, -0.15) is 0 Å². The van der Waals surface area contributed by atoms with Gasteiger partial charge in [0.1, 0.15) is 5.60 Å². The number of ether oxygens (including phenoxy) is 1. The minimum absolute atomic E-state index is 0.0265. The summed E-state index contributed by atoms with van der Waals surface area (Å²) in [5, 5.41) is 0. The molecule has 2 fully saturated rings. The van der Waals surface area contributed by atoms with Gasteiger partial charge in [-0.05, 0) is 34.6 Å². The highest BCUT2D eigenvalue weighted by molar-refractivity contribution is 5.79. The van der Waals surface area contributed by atoms with Gasteiger partial charge in [0.2, 0.25) is 0 Å². The number of hydrogen-bond donors (Lipinski definition) is 0. The Morgan fingerprint density at radius 3 is 2.41 bits per heavy atom. The molecule has 0 aromatic rings. The number of nitrogens with zero attached hydrogens (tertiary/aromatic N) is 3. The molecule has 2 heterocycles.